The summed E-state index contributed by atoms with van der Waals surface area (Å²) in [7, 11) is 0. The molecule has 3 rings (SSSR count). The van der Waals surface area contributed by atoms with Crippen molar-refractivity contribution >= 4 is 17.2 Å². The summed E-state index contributed by atoms with van der Waals surface area (Å²) in [5.74, 6) is 1.77. The van der Waals surface area contributed by atoms with Crippen molar-refractivity contribution < 1.29 is 4.74 Å². The van der Waals surface area contributed by atoms with E-state index in [-0.39, 0.29) is 0 Å². The fourth-order valence-corrected chi connectivity index (χ4v) is 2.94. The lowest BCUT2D eigenvalue weighted by molar-refractivity contribution is 0.395. The smallest absolute Gasteiger partial charge is 0.226 e. The van der Waals surface area contributed by atoms with Crippen LogP contribution < -0.4 is 0 Å². The van der Waals surface area contributed by atoms with E-state index < -0.39 is 0 Å². The van der Waals surface area contributed by atoms with Crippen LogP contribution in [0.15, 0.2) is 65.3 Å². The van der Waals surface area contributed by atoms with E-state index in [0.29, 0.717) is 5.90 Å². The first kappa shape index (κ1) is 15.5. The van der Waals surface area contributed by atoms with Crippen molar-refractivity contribution in [3.05, 3.63) is 71.5 Å². The van der Waals surface area contributed by atoms with Gasteiger partial charge in [0.1, 0.15) is 5.76 Å². The highest BCUT2D eigenvalue weighted by Crippen LogP contribution is 2.37. The van der Waals surface area contributed by atoms with E-state index in [1.165, 1.54) is 11.1 Å². The van der Waals surface area contributed by atoms with Gasteiger partial charge in [0.2, 0.25) is 5.90 Å². The van der Waals surface area contributed by atoms with Crippen LogP contribution in [-0.2, 0) is 4.74 Å². The van der Waals surface area contributed by atoms with Crippen LogP contribution in [0.3, 0.4) is 0 Å². The van der Waals surface area contributed by atoms with Gasteiger partial charge in [0.05, 0.1) is 5.69 Å². The minimum absolute atomic E-state index is 0.701. The molecule has 1 heterocycles. The third-order valence-corrected chi connectivity index (χ3v) is 4.01. The number of para-hydroxylation sites is 1. The topological polar surface area (TPSA) is 21.6 Å². The number of hydrogen-bond acceptors (Lipinski definition) is 2. The molecule has 0 amide bonds. The zero-order valence-corrected chi connectivity index (χ0v) is 13.9. The van der Waals surface area contributed by atoms with Crippen molar-refractivity contribution in [1.29, 1.82) is 0 Å². The van der Waals surface area contributed by atoms with Crippen LogP contribution in [0.2, 0.25) is 0 Å². The second-order valence-electron chi connectivity index (χ2n) is 5.80. The molecule has 0 spiro atoms. The maximum atomic E-state index is 6.32. The van der Waals surface area contributed by atoms with Gasteiger partial charge in [-0.1, -0.05) is 56.7 Å². The Hall–Kier alpha value is -2.35. The number of ether oxygens (including phenoxy) is 1. The van der Waals surface area contributed by atoms with Crippen molar-refractivity contribution in [3.63, 3.8) is 0 Å². The molecule has 1 aliphatic rings. The maximum Gasteiger partial charge on any atom is 0.226 e. The Morgan fingerprint density at radius 3 is 2.26 bits per heavy atom. The monoisotopic (exact) mass is 305 g/mol. The number of benzene rings is 2. The highest BCUT2D eigenvalue weighted by Gasteiger charge is 2.20. The molecule has 0 atom stereocenters. The summed E-state index contributed by atoms with van der Waals surface area (Å²) in [5.41, 5.74) is 4.54. The third-order valence-electron chi connectivity index (χ3n) is 4.01. The van der Waals surface area contributed by atoms with Crippen LogP contribution in [0.5, 0.6) is 0 Å². The summed E-state index contributed by atoms with van der Waals surface area (Å²) < 4.78 is 6.32. The van der Waals surface area contributed by atoms with Crippen LogP contribution in [0.1, 0.15) is 50.7 Å². The van der Waals surface area contributed by atoms with E-state index in [1.807, 2.05) is 24.3 Å². The number of aliphatic imine (C=N–C) groups is 1. The molecule has 23 heavy (non-hydrogen) atoms. The molecular formula is C21H23NO. The van der Waals surface area contributed by atoms with Crippen molar-refractivity contribution in [2.24, 2.45) is 4.99 Å². The molecule has 0 bridgehead atoms. The predicted molar refractivity (Wildman–Crippen MR) is 96.9 cm³/mol. The predicted octanol–water partition coefficient (Wildman–Crippen LogP) is 6.11. The van der Waals surface area contributed by atoms with Gasteiger partial charge < -0.3 is 4.74 Å². The van der Waals surface area contributed by atoms with Gasteiger partial charge in [-0.15, -0.1) is 0 Å². The zero-order valence-electron chi connectivity index (χ0n) is 13.9. The summed E-state index contributed by atoms with van der Waals surface area (Å²) in [6.45, 7) is 4.40. The second-order valence-corrected chi connectivity index (χ2v) is 5.80. The van der Waals surface area contributed by atoms with E-state index in [1.54, 1.807) is 0 Å². The SMILES string of the molecule is CCCC1=C(CCC)c2ccccc2N=C(c2ccccc2)O1. The minimum atomic E-state index is 0.701. The zero-order chi connectivity index (χ0) is 16.1. The molecule has 1 aliphatic heterocycles. The van der Waals surface area contributed by atoms with Gasteiger partial charge in [-0.05, 0) is 36.6 Å². The Morgan fingerprint density at radius 1 is 0.826 bits per heavy atom. The van der Waals surface area contributed by atoms with Gasteiger partial charge >= 0.3 is 0 Å². The highest BCUT2D eigenvalue weighted by molar-refractivity contribution is 5.99. The van der Waals surface area contributed by atoms with Gasteiger partial charge in [-0.2, -0.15) is 0 Å². The summed E-state index contributed by atoms with van der Waals surface area (Å²) >= 11 is 0. The van der Waals surface area contributed by atoms with Crippen molar-refractivity contribution in [3.8, 4) is 0 Å². The summed E-state index contributed by atoms with van der Waals surface area (Å²) in [6.07, 6.45) is 4.12. The molecular weight excluding hydrogens is 282 g/mol. The van der Waals surface area contributed by atoms with Gasteiger partial charge in [0.15, 0.2) is 0 Å². The van der Waals surface area contributed by atoms with E-state index in [2.05, 4.69) is 44.2 Å². The molecule has 0 N–H and O–H groups in total. The number of fused-ring (bicyclic) bond motifs is 1. The molecule has 118 valence electrons. The molecule has 0 saturated carbocycles. The van der Waals surface area contributed by atoms with Crippen LogP contribution in [-0.4, -0.2) is 5.90 Å². The van der Waals surface area contributed by atoms with Crippen LogP contribution in [0.25, 0.3) is 5.57 Å². The Bertz CT molecular complexity index is 729. The van der Waals surface area contributed by atoms with E-state index >= 15 is 0 Å². The van der Waals surface area contributed by atoms with Gasteiger partial charge in [-0.25, -0.2) is 4.99 Å². The molecule has 0 unspecified atom stereocenters. The lowest BCUT2D eigenvalue weighted by Gasteiger charge is -2.14. The molecule has 0 saturated heterocycles. The Kier molecular flexibility index (Phi) is 4.92. The van der Waals surface area contributed by atoms with Crippen LogP contribution in [0.4, 0.5) is 5.69 Å². The van der Waals surface area contributed by atoms with Crippen LogP contribution >= 0.6 is 0 Å². The number of allylic oxidation sites excluding steroid dienone is 2. The van der Waals surface area contributed by atoms with E-state index in [4.69, 9.17) is 9.73 Å². The molecule has 0 aromatic heterocycles. The first-order valence-electron chi connectivity index (χ1n) is 8.46. The minimum Gasteiger partial charge on any atom is -0.442 e. The summed E-state index contributed by atoms with van der Waals surface area (Å²) in [6, 6.07) is 18.5. The molecule has 2 heteroatoms. The fraction of sp³-hybridized carbons (Fsp3) is 0.286. The van der Waals surface area contributed by atoms with Gasteiger partial charge in [0.25, 0.3) is 0 Å². The Morgan fingerprint density at radius 2 is 1.52 bits per heavy atom. The average Bonchev–Trinajstić information content (AvgIpc) is 2.74. The Labute approximate surface area is 138 Å². The van der Waals surface area contributed by atoms with Gasteiger partial charge in [0, 0.05) is 17.5 Å². The van der Waals surface area contributed by atoms with E-state index in [9.17, 15) is 0 Å². The van der Waals surface area contributed by atoms with Crippen molar-refractivity contribution in [2.45, 2.75) is 39.5 Å². The number of hydrogen-bond donors (Lipinski definition) is 0. The normalized spacial score (nSPS) is 13.9. The largest absolute Gasteiger partial charge is 0.442 e. The lowest BCUT2D eigenvalue weighted by atomic mass is 9.97. The molecule has 2 nitrogen and oxygen atoms in total. The first-order valence-corrected chi connectivity index (χ1v) is 8.46. The van der Waals surface area contributed by atoms with Crippen molar-refractivity contribution in [1.82, 2.24) is 0 Å². The van der Waals surface area contributed by atoms with E-state index in [0.717, 1.165) is 42.7 Å². The van der Waals surface area contributed by atoms with Gasteiger partial charge in [-0.3, -0.25) is 0 Å². The highest BCUT2D eigenvalue weighted by atomic mass is 16.5. The number of rotatable bonds is 5. The van der Waals surface area contributed by atoms with Crippen molar-refractivity contribution in [2.75, 3.05) is 0 Å². The first-order chi connectivity index (χ1) is 11.3. The Balaban J connectivity index is 2.16. The third kappa shape index (κ3) is 3.37. The molecule has 0 radical (unpaired) electrons. The fourth-order valence-electron chi connectivity index (χ4n) is 2.94. The summed E-state index contributed by atoms with van der Waals surface area (Å²) in [4.78, 5) is 4.83. The quantitative estimate of drug-likeness (QED) is 0.653. The molecule has 0 aliphatic carbocycles. The maximum absolute atomic E-state index is 6.32. The second kappa shape index (κ2) is 7.28. The van der Waals surface area contributed by atoms with Crippen LogP contribution in [0, 0.1) is 0 Å². The standard InChI is InChI=1S/C21H23NO/c1-3-10-18-17-14-8-9-15-19(17)22-21(23-20(18)11-4-2)16-12-6-5-7-13-16/h5-9,12-15H,3-4,10-11H2,1-2H3. The molecule has 2 aromatic carbocycles. The average molecular weight is 305 g/mol. The molecule has 0 fully saturated rings. The number of nitrogens with zero attached hydrogens (tertiary/aromatic N) is 1. The molecule has 2 aromatic rings. The summed E-state index contributed by atoms with van der Waals surface area (Å²) in [5, 5.41) is 0. The lowest BCUT2D eigenvalue weighted by Crippen LogP contribution is -2.06.